The van der Waals surface area contributed by atoms with Crippen molar-refractivity contribution in [3.05, 3.63) is 50.9 Å². The van der Waals surface area contributed by atoms with Crippen molar-refractivity contribution in [3.63, 3.8) is 0 Å². The monoisotopic (exact) mass is 411 g/mol. The average Bonchev–Trinajstić information content (AvgIpc) is 3.30. The number of rotatable bonds is 5. The van der Waals surface area contributed by atoms with Crippen molar-refractivity contribution in [1.82, 2.24) is 18.7 Å². The summed E-state index contributed by atoms with van der Waals surface area (Å²) in [6.07, 6.45) is 3.52. The van der Waals surface area contributed by atoms with Gasteiger partial charge in [0, 0.05) is 13.6 Å². The summed E-state index contributed by atoms with van der Waals surface area (Å²) >= 11 is 0. The van der Waals surface area contributed by atoms with Crippen LogP contribution in [0, 0.1) is 0 Å². The Labute approximate surface area is 171 Å². The number of aromatic nitrogens is 4. The fourth-order valence-corrected chi connectivity index (χ4v) is 3.43. The molecular weight excluding hydrogens is 390 g/mol. The number of aryl methyl sites for hydroxylation is 1. The molecule has 2 aromatic heterocycles. The number of nitrogens with two attached hydrogens (primary N) is 1. The standard InChI is InChI=1S/C20H21N5O5/c1-5-24-19(26)16-18(25(11(2)21)20(24)27)22-15(23(16)3)7-6-12-8-13(28-4)17-14(9-12)29-10-30-17/h6-9H,2,5,10,21H2,1,3-4H3/b7-6+. The van der Waals surface area contributed by atoms with E-state index in [1.807, 2.05) is 6.07 Å². The van der Waals surface area contributed by atoms with E-state index < -0.39 is 11.2 Å². The van der Waals surface area contributed by atoms with Crippen molar-refractivity contribution in [2.24, 2.45) is 12.8 Å². The van der Waals surface area contributed by atoms with Gasteiger partial charge in [0.05, 0.1) is 7.11 Å². The predicted molar refractivity (Wildman–Crippen MR) is 112 cm³/mol. The van der Waals surface area contributed by atoms with Gasteiger partial charge in [-0.2, -0.15) is 0 Å². The van der Waals surface area contributed by atoms with E-state index >= 15 is 0 Å². The van der Waals surface area contributed by atoms with Gasteiger partial charge in [-0.25, -0.2) is 14.3 Å². The van der Waals surface area contributed by atoms with Crippen LogP contribution in [0.2, 0.25) is 0 Å². The Bertz CT molecular complexity index is 1330. The highest BCUT2D eigenvalue weighted by molar-refractivity contribution is 5.79. The van der Waals surface area contributed by atoms with Crippen molar-refractivity contribution >= 4 is 29.1 Å². The number of benzene rings is 1. The summed E-state index contributed by atoms with van der Waals surface area (Å²) in [4.78, 5) is 29.9. The Morgan fingerprint density at radius 3 is 2.77 bits per heavy atom. The molecule has 3 aromatic rings. The third kappa shape index (κ3) is 2.84. The van der Waals surface area contributed by atoms with Crippen LogP contribution in [0.3, 0.4) is 0 Å². The van der Waals surface area contributed by atoms with Crippen LogP contribution < -0.4 is 31.2 Å². The molecule has 0 spiro atoms. The van der Waals surface area contributed by atoms with E-state index in [0.29, 0.717) is 23.1 Å². The first-order valence-corrected chi connectivity index (χ1v) is 9.20. The summed E-state index contributed by atoms with van der Waals surface area (Å²) in [5.41, 5.74) is 6.00. The summed E-state index contributed by atoms with van der Waals surface area (Å²) < 4.78 is 20.0. The lowest BCUT2D eigenvalue weighted by atomic mass is 10.1. The Kier molecular flexibility index (Phi) is 4.61. The topological polar surface area (TPSA) is 116 Å². The SMILES string of the molecule is C=C(N)n1c(=O)n(CC)c(=O)c2c1nc(/C=C/c1cc(OC)c3c(c1)OCO3)n2C. The van der Waals surface area contributed by atoms with Gasteiger partial charge in [0.15, 0.2) is 22.7 Å². The number of methoxy groups -OCH3 is 1. The summed E-state index contributed by atoms with van der Waals surface area (Å²) in [7, 11) is 3.25. The lowest BCUT2D eigenvalue weighted by Gasteiger charge is -2.09. The maximum absolute atomic E-state index is 12.8. The molecule has 0 aliphatic carbocycles. The second-order valence-electron chi connectivity index (χ2n) is 6.65. The van der Waals surface area contributed by atoms with E-state index in [2.05, 4.69) is 11.6 Å². The second-order valence-corrected chi connectivity index (χ2v) is 6.65. The molecule has 1 aromatic carbocycles. The zero-order valence-electron chi connectivity index (χ0n) is 16.8. The first kappa shape index (κ1) is 19.4. The average molecular weight is 411 g/mol. The molecule has 0 amide bonds. The zero-order valence-corrected chi connectivity index (χ0v) is 16.8. The van der Waals surface area contributed by atoms with Crippen LogP contribution in [0.5, 0.6) is 17.2 Å². The quantitative estimate of drug-likeness (QED) is 0.671. The number of hydrogen-bond donors (Lipinski definition) is 1. The van der Waals surface area contributed by atoms with Crippen molar-refractivity contribution < 1.29 is 14.2 Å². The molecule has 0 saturated carbocycles. The smallest absolute Gasteiger partial charge is 0.338 e. The van der Waals surface area contributed by atoms with Gasteiger partial charge >= 0.3 is 5.69 Å². The van der Waals surface area contributed by atoms with Crippen LogP contribution in [0.4, 0.5) is 0 Å². The number of nitrogens with zero attached hydrogens (tertiary/aromatic N) is 4. The number of ether oxygens (including phenoxy) is 3. The Morgan fingerprint density at radius 1 is 1.33 bits per heavy atom. The number of fused-ring (bicyclic) bond motifs is 2. The molecule has 10 heteroatoms. The van der Waals surface area contributed by atoms with Gasteiger partial charge in [0.2, 0.25) is 12.5 Å². The highest BCUT2D eigenvalue weighted by atomic mass is 16.7. The number of hydrogen-bond acceptors (Lipinski definition) is 7. The lowest BCUT2D eigenvalue weighted by molar-refractivity contribution is 0.171. The fourth-order valence-electron chi connectivity index (χ4n) is 3.43. The van der Waals surface area contributed by atoms with Crippen molar-refractivity contribution in [1.29, 1.82) is 0 Å². The molecule has 0 radical (unpaired) electrons. The summed E-state index contributed by atoms with van der Waals surface area (Å²) in [5, 5.41) is 0. The van der Waals surface area contributed by atoms with Crippen LogP contribution in [-0.2, 0) is 13.6 Å². The maximum Gasteiger partial charge on any atom is 0.338 e. The van der Waals surface area contributed by atoms with E-state index in [-0.39, 0.29) is 30.3 Å². The molecule has 3 heterocycles. The minimum atomic E-state index is -0.573. The van der Waals surface area contributed by atoms with Crippen LogP contribution in [-0.4, -0.2) is 32.6 Å². The van der Waals surface area contributed by atoms with Crippen molar-refractivity contribution in [2.45, 2.75) is 13.5 Å². The molecule has 30 heavy (non-hydrogen) atoms. The van der Waals surface area contributed by atoms with Gasteiger partial charge in [0.25, 0.3) is 5.56 Å². The molecule has 0 unspecified atom stereocenters. The van der Waals surface area contributed by atoms with Gasteiger partial charge in [-0.05, 0) is 30.7 Å². The molecule has 4 rings (SSSR count). The summed E-state index contributed by atoms with van der Waals surface area (Å²) in [6.45, 7) is 5.69. The van der Waals surface area contributed by atoms with Gasteiger partial charge in [0.1, 0.15) is 11.6 Å². The van der Waals surface area contributed by atoms with Crippen LogP contribution in [0.1, 0.15) is 18.3 Å². The maximum atomic E-state index is 12.8. The largest absolute Gasteiger partial charge is 0.493 e. The van der Waals surface area contributed by atoms with Crippen LogP contribution >= 0.6 is 0 Å². The predicted octanol–water partition coefficient (Wildman–Crippen LogP) is 1.21. The van der Waals surface area contributed by atoms with Gasteiger partial charge < -0.3 is 24.5 Å². The van der Waals surface area contributed by atoms with Gasteiger partial charge in [-0.1, -0.05) is 12.7 Å². The Hall–Kier alpha value is -3.95. The van der Waals surface area contributed by atoms with Crippen molar-refractivity contribution in [3.8, 4) is 17.2 Å². The third-order valence-electron chi connectivity index (χ3n) is 4.90. The summed E-state index contributed by atoms with van der Waals surface area (Å²) in [5.74, 6) is 2.14. The lowest BCUT2D eigenvalue weighted by Crippen LogP contribution is -2.40. The first-order valence-electron chi connectivity index (χ1n) is 9.20. The van der Waals surface area contributed by atoms with E-state index in [9.17, 15) is 9.59 Å². The third-order valence-corrected chi connectivity index (χ3v) is 4.90. The molecule has 1 aliphatic heterocycles. The normalized spacial score (nSPS) is 12.8. The molecule has 10 nitrogen and oxygen atoms in total. The van der Waals surface area contributed by atoms with E-state index in [1.54, 1.807) is 43.9 Å². The Balaban J connectivity index is 1.87. The highest BCUT2D eigenvalue weighted by Crippen LogP contribution is 2.42. The molecular formula is C20H21N5O5. The zero-order chi connectivity index (χ0) is 21.6. The molecule has 156 valence electrons. The van der Waals surface area contributed by atoms with E-state index in [4.69, 9.17) is 19.9 Å². The fraction of sp³-hybridized carbons (Fsp3) is 0.250. The molecule has 0 saturated heterocycles. The Morgan fingerprint density at radius 2 is 2.10 bits per heavy atom. The summed E-state index contributed by atoms with van der Waals surface area (Å²) in [6, 6.07) is 3.61. The first-order chi connectivity index (χ1) is 14.4. The molecule has 0 bridgehead atoms. The van der Waals surface area contributed by atoms with Gasteiger partial charge in [-0.15, -0.1) is 0 Å². The molecule has 1 aliphatic rings. The second kappa shape index (κ2) is 7.14. The number of imidazole rings is 1. The molecule has 0 fully saturated rings. The van der Waals surface area contributed by atoms with Crippen LogP contribution in [0.25, 0.3) is 29.1 Å². The highest BCUT2D eigenvalue weighted by Gasteiger charge is 2.21. The minimum Gasteiger partial charge on any atom is -0.493 e. The van der Waals surface area contributed by atoms with Crippen molar-refractivity contribution in [2.75, 3.05) is 13.9 Å². The van der Waals surface area contributed by atoms with E-state index in [1.165, 1.54) is 0 Å². The molecule has 2 N–H and O–H groups in total. The van der Waals surface area contributed by atoms with Crippen LogP contribution in [0.15, 0.2) is 28.3 Å². The van der Waals surface area contributed by atoms with E-state index in [0.717, 1.165) is 14.7 Å². The molecule has 0 atom stereocenters. The van der Waals surface area contributed by atoms with Gasteiger partial charge in [-0.3, -0.25) is 9.36 Å². The minimum absolute atomic E-state index is 0.0127.